The van der Waals surface area contributed by atoms with E-state index in [9.17, 15) is 4.79 Å². The van der Waals surface area contributed by atoms with Crippen LogP contribution in [0.15, 0.2) is 35.1 Å². The number of carbonyl (C=O) groups excluding carboxylic acids is 1. The van der Waals surface area contributed by atoms with Crippen molar-refractivity contribution in [2.45, 2.75) is 6.54 Å². The van der Waals surface area contributed by atoms with Gasteiger partial charge in [-0.3, -0.25) is 9.48 Å². The molecule has 0 spiro atoms. The first-order chi connectivity index (χ1) is 8.72. The highest BCUT2D eigenvalue weighted by Crippen LogP contribution is 2.32. The van der Waals surface area contributed by atoms with Crippen LogP contribution in [0.25, 0.3) is 0 Å². The Balaban J connectivity index is 1.80. The lowest BCUT2D eigenvalue weighted by atomic mass is 10.1. The summed E-state index contributed by atoms with van der Waals surface area (Å²) in [6.45, 7) is 0.407. The highest BCUT2D eigenvalue weighted by molar-refractivity contribution is 9.10. The van der Waals surface area contributed by atoms with Crippen molar-refractivity contribution >= 4 is 21.7 Å². The van der Waals surface area contributed by atoms with Crippen LogP contribution in [0.5, 0.6) is 11.5 Å². The second-order valence-corrected chi connectivity index (χ2v) is 4.76. The van der Waals surface area contributed by atoms with Crippen molar-refractivity contribution < 1.29 is 14.3 Å². The highest BCUT2D eigenvalue weighted by Gasteiger charge is 2.16. The van der Waals surface area contributed by atoms with E-state index in [1.165, 1.54) is 0 Å². The molecule has 0 saturated carbocycles. The summed E-state index contributed by atoms with van der Waals surface area (Å²) in [5.41, 5.74) is 0.589. The Hall–Kier alpha value is -1.82. The number of hydrogen-bond acceptors (Lipinski definition) is 4. The Kier molecular flexibility index (Phi) is 2.79. The number of Topliss-reactive ketones (excluding diaryl/α,β-unsaturated/α-hetero) is 1. The zero-order chi connectivity index (χ0) is 12.5. The predicted octanol–water partition coefficient (Wildman–Crippen LogP) is 2.26. The Labute approximate surface area is 111 Å². The van der Waals surface area contributed by atoms with E-state index in [2.05, 4.69) is 21.0 Å². The third-order valence-corrected chi connectivity index (χ3v) is 3.01. The molecule has 0 atom stereocenters. The largest absolute Gasteiger partial charge is 0.454 e. The first-order valence-electron chi connectivity index (χ1n) is 5.33. The molecule has 6 heteroatoms. The molecule has 1 aliphatic heterocycles. The molecule has 0 saturated heterocycles. The maximum absolute atomic E-state index is 12.1. The van der Waals surface area contributed by atoms with Gasteiger partial charge in [0.1, 0.15) is 6.54 Å². The van der Waals surface area contributed by atoms with Gasteiger partial charge in [0, 0.05) is 11.8 Å². The molecule has 0 aliphatic carbocycles. The second-order valence-electron chi connectivity index (χ2n) is 3.85. The maximum atomic E-state index is 12.1. The van der Waals surface area contributed by atoms with Crippen LogP contribution in [-0.4, -0.2) is 22.4 Å². The van der Waals surface area contributed by atoms with E-state index in [4.69, 9.17) is 9.47 Å². The summed E-state index contributed by atoms with van der Waals surface area (Å²) in [5.74, 6) is 1.26. The number of ether oxygens (including phenoxy) is 2. The summed E-state index contributed by atoms with van der Waals surface area (Å²) >= 11 is 3.29. The SMILES string of the molecule is O=C(Cn1cc(Br)cn1)c1ccc2c(c1)OCO2. The van der Waals surface area contributed by atoms with Gasteiger partial charge in [0.2, 0.25) is 6.79 Å². The molecule has 1 aromatic carbocycles. The van der Waals surface area contributed by atoms with Crippen molar-refractivity contribution in [1.29, 1.82) is 0 Å². The van der Waals surface area contributed by atoms with Gasteiger partial charge in [-0.1, -0.05) is 0 Å². The predicted molar refractivity (Wildman–Crippen MR) is 66.8 cm³/mol. The third-order valence-electron chi connectivity index (χ3n) is 2.60. The van der Waals surface area contributed by atoms with E-state index >= 15 is 0 Å². The van der Waals surface area contributed by atoms with E-state index < -0.39 is 0 Å². The molecule has 3 rings (SSSR count). The van der Waals surface area contributed by atoms with Gasteiger partial charge in [-0.15, -0.1) is 0 Å². The molecule has 1 aliphatic rings. The van der Waals surface area contributed by atoms with Crippen molar-refractivity contribution in [3.63, 3.8) is 0 Å². The molecule has 5 nitrogen and oxygen atoms in total. The fourth-order valence-electron chi connectivity index (χ4n) is 1.73. The van der Waals surface area contributed by atoms with Crippen LogP contribution in [0.4, 0.5) is 0 Å². The summed E-state index contributed by atoms with van der Waals surface area (Å²) in [7, 11) is 0. The van der Waals surface area contributed by atoms with Crippen molar-refractivity contribution in [2.75, 3.05) is 6.79 Å². The Morgan fingerprint density at radius 3 is 3.00 bits per heavy atom. The number of halogens is 1. The van der Waals surface area contributed by atoms with Crippen LogP contribution in [-0.2, 0) is 6.54 Å². The van der Waals surface area contributed by atoms with Crippen LogP contribution < -0.4 is 9.47 Å². The topological polar surface area (TPSA) is 53.4 Å². The smallest absolute Gasteiger partial charge is 0.231 e. The molecule has 0 fully saturated rings. The van der Waals surface area contributed by atoms with Crippen molar-refractivity contribution in [3.05, 3.63) is 40.6 Å². The van der Waals surface area contributed by atoms with E-state index in [0.29, 0.717) is 17.1 Å². The Bertz CT molecular complexity index is 609. The van der Waals surface area contributed by atoms with E-state index in [1.54, 1.807) is 35.3 Å². The molecule has 0 bridgehead atoms. The van der Waals surface area contributed by atoms with E-state index in [0.717, 1.165) is 4.47 Å². The van der Waals surface area contributed by atoms with Crippen LogP contribution in [0.1, 0.15) is 10.4 Å². The summed E-state index contributed by atoms with van der Waals surface area (Å²) in [6.07, 6.45) is 3.40. The van der Waals surface area contributed by atoms with Gasteiger partial charge in [0.05, 0.1) is 10.7 Å². The minimum absolute atomic E-state index is 0.0242. The van der Waals surface area contributed by atoms with Gasteiger partial charge in [-0.25, -0.2) is 0 Å². The number of aromatic nitrogens is 2. The third kappa shape index (κ3) is 2.11. The standard InChI is InChI=1S/C12H9BrN2O3/c13-9-4-14-15(5-9)6-10(16)8-1-2-11-12(3-8)18-7-17-11/h1-5H,6-7H2. The van der Waals surface area contributed by atoms with Gasteiger partial charge in [0.25, 0.3) is 0 Å². The van der Waals surface area contributed by atoms with Crippen molar-refractivity contribution in [1.82, 2.24) is 9.78 Å². The second kappa shape index (κ2) is 4.45. The minimum atomic E-state index is -0.0242. The first-order valence-corrected chi connectivity index (χ1v) is 6.12. The lowest BCUT2D eigenvalue weighted by molar-refractivity contribution is 0.0967. The monoisotopic (exact) mass is 308 g/mol. The van der Waals surface area contributed by atoms with Crippen LogP contribution >= 0.6 is 15.9 Å². The molecule has 1 aromatic heterocycles. The fraction of sp³-hybridized carbons (Fsp3) is 0.167. The zero-order valence-corrected chi connectivity index (χ0v) is 10.9. The molecular weight excluding hydrogens is 300 g/mol. The molecular formula is C12H9BrN2O3. The zero-order valence-electron chi connectivity index (χ0n) is 9.30. The number of nitrogens with zero attached hydrogens (tertiary/aromatic N) is 2. The number of benzene rings is 1. The molecule has 0 N–H and O–H groups in total. The van der Waals surface area contributed by atoms with Crippen LogP contribution in [0, 0.1) is 0 Å². The number of carbonyl (C=O) groups is 1. The van der Waals surface area contributed by atoms with Gasteiger partial charge in [0.15, 0.2) is 17.3 Å². The molecule has 92 valence electrons. The van der Waals surface area contributed by atoms with E-state index in [1.807, 2.05) is 0 Å². The summed E-state index contributed by atoms with van der Waals surface area (Å²) in [4.78, 5) is 12.1. The lowest BCUT2D eigenvalue weighted by Gasteiger charge is -2.02. The lowest BCUT2D eigenvalue weighted by Crippen LogP contribution is -2.10. The van der Waals surface area contributed by atoms with E-state index in [-0.39, 0.29) is 19.1 Å². The molecule has 0 radical (unpaired) electrons. The number of fused-ring (bicyclic) bond motifs is 1. The summed E-state index contributed by atoms with van der Waals surface area (Å²) < 4.78 is 12.9. The molecule has 2 heterocycles. The molecule has 0 amide bonds. The van der Waals surface area contributed by atoms with Gasteiger partial charge < -0.3 is 9.47 Å². The Morgan fingerprint density at radius 2 is 2.22 bits per heavy atom. The minimum Gasteiger partial charge on any atom is -0.454 e. The number of ketones is 1. The maximum Gasteiger partial charge on any atom is 0.231 e. The Morgan fingerprint density at radius 1 is 1.39 bits per heavy atom. The van der Waals surface area contributed by atoms with Crippen LogP contribution in [0.3, 0.4) is 0 Å². The quantitative estimate of drug-likeness (QED) is 0.816. The molecule has 2 aromatic rings. The number of hydrogen-bond donors (Lipinski definition) is 0. The highest BCUT2D eigenvalue weighted by atomic mass is 79.9. The average molecular weight is 309 g/mol. The van der Waals surface area contributed by atoms with Gasteiger partial charge in [-0.05, 0) is 34.1 Å². The van der Waals surface area contributed by atoms with Crippen molar-refractivity contribution in [3.8, 4) is 11.5 Å². The first kappa shape index (κ1) is 11.3. The number of rotatable bonds is 3. The van der Waals surface area contributed by atoms with Crippen LogP contribution in [0.2, 0.25) is 0 Å². The summed E-state index contributed by atoms with van der Waals surface area (Å²) in [5, 5.41) is 4.05. The fourth-order valence-corrected chi connectivity index (χ4v) is 2.06. The van der Waals surface area contributed by atoms with Gasteiger partial charge in [-0.2, -0.15) is 5.10 Å². The molecule has 18 heavy (non-hydrogen) atoms. The molecule has 0 unspecified atom stereocenters. The normalized spacial score (nSPS) is 12.7. The summed E-state index contributed by atoms with van der Waals surface area (Å²) in [6, 6.07) is 5.17. The van der Waals surface area contributed by atoms with Gasteiger partial charge >= 0.3 is 0 Å². The van der Waals surface area contributed by atoms with Crippen molar-refractivity contribution in [2.24, 2.45) is 0 Å². The average Bonchev–Trinajstić information content (AvgIpc) is 2.96.